The van der Waals surface area contributed by atoms with Crippen molar-refractivity contribution >= 4 is 5.91 Å². The minimum atomic E-state index is -0.386. The van der Waals surface area contributed by atoms with E-state index in [4.69, 9.17) is 4.84 Å². The Morgan fingerprint density at radius 2 is 1.70 bits per heavy atom. The molecule has 1 saturated heterocycles. The van der Waals surface area contributed by atoms with Gasteiger partial charge in [-0.2, -0.15) is 5.06 Å². The summed E-state index contributed by atoms with van der Waals surface area (Å²) in [6.45, 7) is 4.07. The number of amides is 1. The van der Waals surface area contributed by atoms with E-state index in [0.29, 0.717) is 12.8 Å². The van der Waals surface area contributed by atoms with E-state index in [1.807, 2.05) is 74.5 Å². The molecule has 1 fully saturated rings. The molecule has 4 atom stereocenters. The molecule has 0 unspecified atom stereocenters. The van der Waals surface area contributed by atoms with Crippen LogP contribution in [0.15, 0.2) is 60.7 Å². The van der Waals surface area contributed by atoms with Crippen molar-refractivity contribution in [2.45, 2.75) is 50.9 Å². The van der Waals surface area contributed by atoms with Crippen LogP contribution >= 0.6 is 0 Å². The molecule has 5 heteroatoms. The van der Waals surface area contributed by atoms with Gasteiger partial charge in [-0.15, -0.1) is 0 Å². The van der Waals surface area contributed by atoms with E-state index in [1.54, 1.807) is 5.06 Å². The number of nitrogens with one attached hydrogen (secondary N) is 1. The molecule has 0 spiro atoms. The Balaban J connectivity index is 1.74. The quantitative estimate of drug-likeness (QED) is 0.786. The van der Waals surface area contributed by atoms with Gasteiger partial charge in [-0.05, 0) is 31.4 Å². The summed E-state index contributed by atoms with van der Waals surface area (Å²) in [6, 6.07) is 19.4. The van der Waals surface area contributed by atoms with Gasteiger partial charge in [0.1, 0.15) is 6.04 Å². The van der Waals surface area contributed by atoms with Crippen molar-refractivity contribution in [2.24, 2.45) is 0 Å². The smallest absolute Gasteiger partial charge is 0.240 e. The Morgan fingerprint density at radius 3 is 2.30 bits per heavy atom. The number of hydrogen-bond donors (Lipinski definition) is 2. The third kappa shape index (κ3) is 4.75. The first-order chi connectivity index (χ1) is 13.1. The predicted octanol–water partition coefficient (Wildman–Crippen LogP) is 3.38. The van der Waals surface area contributed by atoms with Gasteiger partial charge in [-0.3, -0.25) is 9.63 Å². The lowest BCUT2D eigenvalue weighted by Gasteiger charge is -2.29. The van der Waals surface area contributed by atoms with Crippen molar-refractivity contribution in [1.29, 1.82) is 0 Å². The van der Waals surface area contributed by atoms with Gasteiger partial charge in [0.15, 0.2) is 0 Å². The molecule has 1 aliphatic rings. The molecule has 5 nitrogen and oxygen atoms in total. The van der Waals surface area contributed by atoms with Gasteiger partial charge in [0.25, 0.3) is 0 Å². The molecule has 0 aliphatic carbocycles. The summed E-state index contributed by atoms with van der Waals surface area (Å²) >= 11 is 0. The largest absolute Gasteiger partial charge is 0.396 e. The lowest BCUT2D eigenvalue weighted by atomic mass is 10.0. The number of aliphatic hydroxyl groups is 1. The fourth-order valence-corrected chi connectivity index (χ4v) is 3.55. The van der Waals surface area contributed by atoms with Gasteiger partial charge >= 0.3 is 0 Å². The molecule has 0 aromatic heterocycles. The zero-order valence-electron chi connectivity index (χ0n) is 15.9. The molecule has 1 aliphatic heterocycles. The fourth-order valence-electron chi connectivity index (χ4n) is 3.55. The molecule has 0 bridgehead atoms. The summed E-state index contributed by atoms with van der Waals surface area (Å²) in [5.41, 5.74) is 2.16. The van der Waals surface area contributed by atoms with E-state index in [0.717, 1.165) is 11.1 Å². The van der Waals surface area contributed by atoms with E-state index < -0.39 is 0 Å². The molecule has 2 N–H and O–H groups in total. The third-order valence-corrected chi connectivity index (χ3v) is 5.14. The first kappa shape index (κ1) is 19.5. The molecule has 2 aromatic rings. The normalized spacial score (nSPS) is 22.3. The highest BCUT2D eigenvalue weighted by molar-refractivity contribution is 5.82. The van der Waals surface area contributed by atoms with Crippen LogP contribution in [0.2, 0.25) is 0 Å². The number of benzene rings is 2. The highest BCUT2D eigenvalue weighted by atomic mass is 16.7. The zero-order valence-corrected chi connectivity index (χ0v) is 15.9. The van der Waals surface area contributed by atoms with Crippen molar-refractivity contribution in [3.8, 4) is 0 Å². The number of aliphatic hydroxyl groups excluding tert-OH is 1. The number of hydroxylamine groups is 2. The maximum atomic E-state index is 13.0. The van der Waals surface area contributed by atoms with E-state index in [1.165, 1.54) is 0 Å². The third-order valence-electron chi connectivity index (χ3n) is 5.14. The van der Waals surface area contributed by atoms with Gasteiger partial charge in [0.05, 0.1) is 18.2 Å². The standard InChI is InChI=1S/C22H28N2O3/c1-16(18-9-5-3-6-10-18)23-22(26)21-15-20(13-14-25)27-24(21)17(2)19-11-7-4-8-12-19/h3-12,16-17,20-21,25H,13-15H2,1-2H3,(H,23,26)/t16-,17-,20-,21-/m1/s1. The predicted molar refractivity (Wildman–Crippen MR) is 105 cm³/mol. The number of carbonyl (C=O) groups is 1. The highest BCUT2D eigenvalue weighted by Crippen LogP contribution is 2.32. The number of carbonyl (C=O) groups excluding carboxylic acids is 1. The van der Waals surface area contributed by atoms with Crippen molar-refractivity contribution in [1.82, 2.24) is 10.4 Å². The first-order valence-corrected chi connectivity index (χ1v) is 9.56. The van der Waals surface area contributed by atoms with Crippen LogP contribution in [-0.2, 0) is 9.63 Å². The molecule has 1 heterocycles. The summed E-state index contributed by atoms with van der Waals surface area (Å²) in [4.78, 5) is 19.1. The second kappa shape index (κ2) is 9.13. The van der Waals surface area contributed by atoms with Crippen molar-refractivity contribution < 1.29 is 14.7 Å². The van der Waals surface area contributed by atoms with Crippen LogP contribution in [0, 0.1) is 0 Å². The van der Waals surface area contributed by atoms with Crippen molar-refractivity contribution in [3.63, 3.8) is 0 Å². The first-order valence-electron chi connectivity index (χ1n) is 9.56. The fraction of sp³-hybridized carbons (Fsp3) is 0.409. The second-order valence-electron chi connectivity index (χ2n) is 7.08. The maximum absolute atomic E-state index is 13.0. The highest BCUT2D eigenvalue weighted by Gasteiger charge is 2.41. The minimum Gasteiger partial charge on any atom is -0.396 e. The van der Waals surface area contributed by atoms with Crippen molar-refractivity contribution in [3.05, 3.63) is 71.8 Å². The summed E-state index contributed by atoms with van der Waals surface area (Å²) in [5, 5.41) is 14.2. The van der Waals surface area contributed by atoms with Gasteiger partial charge in [-0.1, -0.05) is 60.7 Å². The van der Waals surface area contributed by atoms with Crippen LogP contribution in [0.4, 0.5) is 0 Å². The number of rotatable bonds is 7. The summed E-state index contributed by atoms with van der Waals surface area (Å²) < 4.78 is 0. The van der Waals surface area contributed by atoms with Crippen molar-refractivity contribution in [2.75, 3.05) is 6.61 Å². The Bertz CT molecular complexity index is 723. The van der Waals surface area contributed by atoms with Crippen LogP contribution < -0.4 is 5.32 Å². The Morgan fingerprint density at radius 1 is 1.11 bits per heavy atom. The minimum absolute atomic E-state index is 0.0467. The second-order valence-corrected chi connectivity index (χ2v) is 7.08. The average Bonchev–Trinajstić information content (AvgIpc) is 3.13. The Labute approximate surface area is 160 Å². The number of nitrogens with zero attached hydrogens (tertiary/aromatic N) is 1. The van der Waals surface area contributed by atoms with Crippen LogP contribution in [0.3, 0.4) is 0 Å². The van der Waals surface area contributed by atoms with E-state index >= 15 is 0 Å². The molecule has 0 saturated carbocycles. The zero-order chi connectivity index (χ0) is 19.2. The molecule has 3 rings (SSSR count). The Hall–Kier alpha value is -2.21. The van der Waals surface area contributed by atoms with Crippen LogP contribution in [0.25, 0.3) is 0 Å². The summed E-state index contributed by atoms with van der Waals surface area (Å²) in [6.07, 6.45) is 0.949. The number of hydrogen-bond acceptors (Lipinski definition) is 4. The SMILES string of the molecule is C[C@H](c1ccccc1)N1O[C@H](CCO)C[C@@H]1C(=O)N[C@H](C)c1ccccc1. The molecular formula is C22H28N2O3. The molecule has 2 aromatic carbocycles. The Kier molecular flexibility index (Phi) is 6.61. The van der Waals surface area contributed by atoms with E-state index in [-0.39, 0.29) is 36.7 Å². The lowest BCUT2D eigenvalue weighted by Crippen LogP contribution is -2.44. The van der Waals surface area contributed by atoms with Gasteiger partial charge in [-0.25, -0.2) is 0 Å². The molecule has 0 radical (unpaired) electrons. The van der Waals surface area contributed by atoms with Gasteiger partial charge in [0.2, 0.25) is 5.91 Å². The maximum Gasteiger partial charge on any atom is 0.240 e. The monoisotopic (exact) mass is 368 g/mol. The molecule has 1 amide bonds. The summed E-state index contributed by atoms with van der Waals surface area (Å²) in [7, 11) is 0. The van der Waals surface area contributed by atoms with E-state index in [9.17, 15) is 9.90 Å². The van der Waals surface area contributed by atoms with Crippen LogP contribution in [-0.4, -0.2) is 34.8 Å². The van der Waals surface area contributed by atoms with Crippen LogP contribution in [0.5, 0.6) is 0 Å². The van der Waals surface area contributed by atoms with Gasteiger partial charge < -0.3 is 10.4 Å². The van der Waals surface area contributed by atoms with Crippen LogP contribution in [0.1, 0.15) is 49.9 Å². The lowest BCUT2D eigenvalue weighted by molar-refractivity contribution is -0.192. The average molecular weight is 368 g/mol. The topological polar surface area (TPSA) is 61.8 Å². The molecule has 144 valence electrons. The molecule has 27 heavy (non-hydrogen) atoms. The molecular weight excluding hydrogens is 340 g/mol. The summed E-state index contributed by atoms with van der Waals surface area (Å²) in [5.74, 6) is -0.0467. The van der Waals surface area contributed by atoms with E-state index in [2.05, 4.69) is 5.32 Å². The van der Waals surface area contributed by atoms with Gasteiger partial charge in [0, 0.05) is 13.0 Å².